The molecule has 0 aromatic heterocycles. The maximum Gasteiger partial charge on any atom is 0.342 e. The lowest BCUT2D eigenvalue weighted by atomic mass is 10.0. The van der Waals surface area contributed by atoms with E-state index in [9.17, 15) is 14.4 Å². The van der Waals surface area contributed by atoms with Crippen molar-refractivity contribution in [1.29, 1.82) is 0 Å². The molecule has 0 spiro atoms. The molecule has 1 aliphatic heterocycles. The van der Waals surface area contributed by atoms with E-state index in [1.807, 2.05) is 60.7 Å². The summed E-state index contributed by atoms with van der Waals surface area (Å²) in [5.74, 6) is -0.556. The number of nitrogens with one attached hydrogen (secondary N) is 3. The molecule has 0 radical (unpaired) electrons. The van der Waals surface area contributed by atoms with E-state index in [0.29, 0.717) is 25.1 Å². The molecule has 0 aliphatic carbocycles. The zero-order valence-corrected chi connectivity index (χ0v) is 20.8. The highest BCUT2D eigenvalue weighted by Gasteiger charge is 2.34. The number of aryl methyl sites for hydroxylation is 1. The second kappa shape index (κ2) is 10.8. The summed E-state index contributed by atoms with van der Waals surface area (Å²) in [4.78, 5) is 39.5. The number of benzene rings is 3. The second-order valence-corrected chi connectivity index (χ2v) is 9.65. The SMILES string of the molecule is CC(C)(N)C(=O)N[C@@H]1CCc2ccccc2N(Cc2ccc(-c3ccccc3NC(=O)NO)cc2)C1=O. The zero-order chi connectivity index (χ0) is 26.6. The van der Waals surface area contributed by atoms with Gasteiger partial charge in [-0.25, -0.2) is 10.3 Å². The Bertz CT molecular complexity index is 1300. The Balaban J connectivity index is 1.60. The molecule has 37 heavy (non-hydrogen) atoms. The van der Waals surface area contributed by atoms with Gasteiger partial charge in [0.1, 0.15) is 6.04 Å². The van der Waals surface area contributed by atoms with Gasteiger partial charge in [-0.3, -0.25) is 14.8 Å². The van der Waals surface area contributed by atoms with E-state index in [0.717, 1.165) is 27.9 Å². The zero-order valence-electron chi connectivity index (χ0n) is 20.8. The third-order valence-corrected chi connectivity index (χ3v) is 6.32. The fourth-order valence-corrected chi connectivity index (χ4v) is 4.32. The molecule has 9 nitrogen and oxygen atoms in total. The molecule has 0 saturated carbocycles. The molecule has 4 amide bonds. The van der Waals surface area contributed by atoms with Crippen LogP contribution in [0.25, 0.3) is 11.1 Å². The maximum absolute atomic E-state index is 13.6. The molecule has 192 valence electrons. The van der Waals surface area contributed by atoms with E-state index in [-0.39, 0.29) is 11.8 Å². The van der Waals surface area contributed by atoms with Gasteiger partial charge in [-0.05, 0) is 55.5 Å². The molecule has 1 atom stereocenters. The van der Waals surface area contributed by atoms with Crippen molar-refractivity contribution >= 4 is 29.2 Å². The fourth-order valence-electron chi connectivity index (χ4n) is 4.32. The van der Waals surface area contributed by atoms with Crippen LogP contribution < -0.4 is 26.7 Å². The Hall–Kier alpha value is -4.21. The fraction of sp³-hybridized carbons (Fsp3) is 0.250. The van der Waals surface area contributed by atoms with Gasteiger partial charge in [-0.2, -0.15) is 0 Å². The number of hydroxylamine groups is 1. The molecule has 0 unspecified atom stereocenters. The molecule has 0 fully saturated rings. The summed E-state index contributed by atoms with van der Waals surface area (Å²) < 4.78 is 0. The van der Waals surface area contributed by atoms with Crippen molar-refractivity contribution in [3.8, 4) is 11.1 Å². The number of amides is 4. The Labute approximate surface area is 215 Å². The standard InChI is InChI=1S/C28H31N5O4/c1-28(2,29)26(35)30-23-16-15-20-7-3-6-10-24(20)33(25(23)34)17-18-11-13-19(14-12-18)21-8-4-5-9-22(21)31-27(36)32-37/h3-14,23,37H,15-17,29H2,1-2H3,(H,30,35)(H2,31,32,36)/t23-/m1/s1. The number of hydrogen-bond donors (Lipinski definition) is 5. The summed E-state index contributed by atoms with van der Waals surface area (Å²) >= 11 is 0. The van der Waals surface area contributed by atoms with E-state index in [1.54, 1.807) is 36.4 Å². The summed E-state index contributed by atoms with van der Waals surface area (Å²) in [5, 5.41) is 14.3. The van der Waals surface area contributed by atoms with Crippen molar-refractivity contribution in [1.82, 2.24) is 10.8 Å². The van der Waals surface area contributed by atoms with E-state index in [4.69, 9.17) is 10.9 Å². The van der Waals surface area contributed by atoms with E-state index in [1.165, 1.54) is 0 Å². The molecule has 9 heteroatoms. The normalized spacial score (nSPS) is 15.4. The van der Waals surface area contributed by atoms with Crippen LogP contribution in [0.3, 0.4) is 0 Å². The topological polar surface area (TPSA) is 137 Å². The molecule has 1 aliphatic rings. The number of anilines is 2. The maximum atomic E-state index is 13.6. The Morgan fingerprint density at radius 2 is 1.70 bits per heavy atom. The average Bonchev–Trinajstić information content (AvgIpc) is 3.01. The quantitative estimate of drug-likeness (QED) is 0.260. The summed E-state index contributed by atoms with van der Waals surface area (Å²) in [5.41, 5.74) is 11.4. The summed E-state index contributed by atoms with van der Waals surface area (Å²) in [6.45, 7) is 3.55. The number of fused-ring (bicyclic) bond motifs is 1. The monoisotopic (exact) mass is 501 g/mol. The van der Waals surface area contributed by atoms with Crippen LogP contribution in [0.2, 0.25) is 0 Å². The van der Waals surface area contributed by atoms with Gasteiger partial charge in [0.2, 0.25) is 11.8 Å². The number of urea groups is 1. The largest absolute Gasteiger partial charge is 0.343 e. The number of carbonyl (C=O) groups excluding carboxylic acids is 3. The van der Waals surface area contributed by atoms with Gasteiger partial charge in [0, 0.05) is 11.3 Å². The first-order valence-electron chi connectivity index (χ1n) is 12.1. The van der Waals surface area contributed by atoms with Crippen molar-refractivity contribution in [2.75, 3.05) is 10.2 Å². The predicted molar refractivity (Wildman–Crippen MR) is 142 cm³/mol. The Kier molecular flexibility index (Phi) is 7.56. The molecule has 6 N–H and O–H groups in total. The minimum absolute atomic E-state index is 0.184. The lowest BCUT2D eigenvalue weighted by molar-refractivity contribution is -0.130. The number of nitrogens with two attached hydrogens (primary N) is 1. The van der Waals surface area contributed by atoms with Gasteiger partial charge in [0.05, 0.1) is 17.8 Å². The third-order valence-electron chi connectivity index (χ3n) is 6.32. The van der Waals surface area contributed by atoms with Crippen molar-refractivity contribution in [2.45, 2.75) is 44.8 Å². The first kappa shape index (κ1) is 25.9. The summed E-state index contributed by atoms with van der Waals surface area (Å²) in [6.07, 6.45) is 1.14. The first-order chi connectivity index (χ1) is 17.7. The van der Waals surface area contributed by atoms with Crippen LogP contribution in [0.15, 0.2) is 72.8 Å². The Morgan fingerprint density at radius 3 is 2.41 bits per heavy atom. The molecule has 1 heterocycles. The van der Waals surface area contributed by atoms with Gasteiger partial charge in [0.15, 0.2) is 0 Å². The van der Waals surface area contributed by atoms with Gasteiger partial charge < -0.3 is 21.3 Å². The van der Waals surface area contributed by atoms with Crippen LogP contribution in [0, 0.1) is 0 Å². The smallest absolute Gasteiger partial charge is 0.342 e. The molecule has 0 saturated heterocycles. The van der Waals surface area contributed by atoms with Gasteiger partial charge >= 0.3 is 6.03 Å². The van der Waals surface area contributed by atoms with Crippen molar-refractivity contribution in [2.24, 2.45) is 5.73 Å². The number of carbonyl (C=O) groups is 3. The average molecular weight is 502 g/mol. The van der Waals surface area contributed by atoms with Crippen molar-refractivity contribution in [3.05, 3.63) is 83.9 Å². The van der Waals surface area contributed by atoms with Crippen molar-refractivity contribution in [3.63, 3.8) is 0 Å². The number of para-hydroxylation sites is 2. The number of nitrogens with zero attached hydrogens (tertiary/aromatic N) is 1. The van der Waals surface area contributed by atoms with Crippen LogP contribution in [0.4, 0.5) is 16.2 Å². The van der Waals surface area contributed by atoms with Gasteiger partial charge in [-0.15, -0.1) is 0 Å². The van der Waals surface area contributed by atoms with Gasteiger partial charge in [0.25, 0.3) is 0 Å². The minimum Gasteiger partial charge on any atom is -0.343 e. The van der Waals surface area contributed by atoms with Gasteiger partial charge in [-0.1, -0.05) is 60.7 Å². The molecule has 3 aromatic rings. The number of rotatable bonds is 6. The van der Waals surface area contributed by atoms with Crippen LogP contribution in [-0.2, 0) is 22.6 Å². The molecule has 4 rings (SSSR count). The lowest BCUT2D eigenvalue weighted by Crippen LogP contribution is -2.56. The molecular weight excluding hydrogens is 470 g/mol. The minimum atomic E-state index is -1.09. The van der Waals surface area contributed by atoms with Crippen LogP contribution in [-0.4, -0.2) is 34.6 Å². The highest BCUT2D eigenvalue weighted by atomic mass is 16.5. The lowest BCUT2D eigenvalue weighted by Gasteiger charge is -2.28. The highest BCUT2D eigenvalue weighted by Crippen LogP contribution is 2.31. The highest BCUT2D eigenvalue weighted by molar-refractivity contribution is 6.01. The molecule has 0 bridgehead atoms. The predicted octanol–water partition coefficient (Wildman–Crippen LogP) is 3.57. The Morgan fingerprint density at radius 1 is 1.03 bits per heavy atom. The third kappa shape index (κ3) is 5.96. The molecular formula is C28H31N5O4. The molecule has 3 aromatic carbocycles. The van der Waals surface area contributed by atoms with E-state index < -0.39 is 17.6 Å². The van der Waals surface area contributed by atoms with Crippen molar-refractivity contribution < 1.29 is 19.6 Å². The summed E-state index contributed by atoms with van der Waals surface area (Å²) in [6, 6.07) is 21.3. The first-order valence-corrected chi connectivity index (χ1v) is 12.1. The summed E-state index contributed by atoms with van der Waals surface area (Å²) in [7, 11) is 0. The van der Waals surface area contributed by atoms with E-state index >= 15 is 0 Å². The number of hydrogen-bond acceptors (Lipinski definition) is 5. The van der Waals surface area contributed by atoms with Crippen LogP contribution >= 0.6 is 0 Å². The van der Waals surface area contributed by atoms with Crippen LogP contribution in [0.1, 0.15) is 31.4 Å². The van der Waals surface area contributed by atoms with E-state index in [2.05, 4.69) is 10.6 Å². The van der Waals surface area contributed by atoms with Crippen LogP contribution in [0.5, 0.6) is 0 Å². The second-order valence-electron chi connectivity index (χ2n) is 9.65.